The molecule has 1 unspecified atom stereocenters. The molecule has 2 rings (SSSR count). The first-order chi connectivity index (χ1) is 10.6. The Balaban J connectivity index is 2.06. The van der Waals surface area contributed by atoms with Crippen molar-refractivity contribution in [1.82, 2.24) is 10.3 Å². The number of ether oxygens (including phenoxy) is 1. The normalized spacial score (nSPS) is 11.9. The van der Waals surface area contributed by atoms with Gasteiger partial charge in [-0.05, 0) is 0 Å². The van der Waals surface area contributed by atoms with Crippen LogP contribution in [0.5, 0.6) is 0 Å². The van der Waals surface area contributed by atoms with E-state index in [1.54, 1.807) is 0 Å². The molecular weight excluding hydrogens is 304 g/mol. The molecule has 6 nitrogen and oxygen atoms in total. The molecule has 1 aromatic heterocycles. The van der Waals surface area contributed by atoms with E-state index in [-0.39, 0.29) is 13.0 Å². The fourth-order valence-corrected chi connectivity index (χ4v) is 2.64. The van der Waals surface area contributed by atoms with Gasteiger partial charge in [0, 0.05) is 25.7 Å². The Kier molecular flexibility index (Phi) is 5.62. The molecule has 1 heterocycles. The van der Waals surface area contributed by atoms with Gasteiger partial charge < -0.3 is 15.2 Å². The molecule has 0 aliphatic carbocycles. The molecule has 0 spiro atoms. The van der Waals surface area contributed by atoms with Gasteiger partial charge in [0.25, 0.3) is 5.91 Å². The number of carboxylic acids is 1. The van der Waals surface area contributed by atoms with Gasteiger partial charge in [0.1, 0.15) is 15.9 Å². The number of methoxy groups -OCH3 is 1. The van der Waals surface area contributed by atoms with Crippen LogP contribution in [0.3, 0.4) is 0 Å². The first-order valence-corrected chi connectivity index (χ1v) is 7.47. The molecule has 0 fully saturated rings. The van der Waals surface area contributed by atoms with E-state index in [4.69, 9.17) is 9.84 Å². The van der Waals surface area contributed by atoms with E-state index < -0.39 is 17.9 Å². The summed E-state index contributed by atoms with van der Waals surface area (Å²) in [6.07, 6.45) is 1.67. The second-order valence-corrected chi connectivity index (χ2v) is 5.57. The third-order valence-corrected chi connectivity index (χ3v) is 4.01. The number of carbonyl (C=O) groups excluding carboxylic acids is 1. The molecule has 0 aliphatic rings. The molecule has 2 N–H and O–H groups in total. The van der Waals surface area contributed by atoms with Crippen LogP contribution in [-0.2, 0) is 9.53 Å². The lowest BCUT2D eigenvalue weighted by Crippen LogP contribution is -2.41. The van der Waals surface area contributed by atoms with Crippen molar-refractivity contribution in [3.8, 4) is 10.6 Å². The monoisotopic (exact) mass is 320 g/mol. The van der Waals surface area contributed by atoms with E-state index in [0.29, 0.717) is 4.88 Å². The molecule has 0 radical (unpaired) electrons. The molecular formula is C15H16N2O4S. The van der Waals surface area contributed by atoms with E-state index >= 15 is 0 Å². The van der Waals surface area contributed by atoms with Gasteiger partial charge in [-0.25, -0.2) is 9.78 Å². The maximum Gasteiger partial charge on any atom is 0.326 e. The van der Waals surface area contributed by atoms with Crippen LogP contribution in [-0.4, -0.2) is 41.7 Å². The zero-order valence-corrected chi connectivity index (χ0v) is 12.8. The number of aliphatic carboxylic acids is 1. The lowest BCUT2D eigenvalue weighted by atomic mass is 10.2. The molecule has 0 bridgehead atoms. The van der Waals surface area contributed by atoms with Crippen molar-refractivity contribution in [3.63, 3.8) is 0 Å². The molecule has 0 saturated carbocycles. The predicted molar refractivity (Wildman–Crippen MR) is 82.9 cm³/mol. The lowest BCUT2D eigenvalue weighted by molar-refractivity contribution is -0.139. The summed E-state index contributed by atoms with van der Waals surface area (Å²) in [6.45, 7) is 0.259. The second kappa shape index (κ2) is 7.67. The molecule has 7 heteroatoms. The van der Waals surface area contributed by atoms with Crippen LogP contribution in [0.15, 0.2) is 36.5 Å². The number of benzene rings is 1. The van der Waals surface area contributed by atoms with Crippen molar-refractivity contribution >= 4 is 23.2 Å². The average Bonchev–Trinajstić information content (AvgIpc) is 3.02. The predicted octanol–water partition coefficient (Wildman–Crippen LogP) is 2.03. The number of nitrogens with zero attached hydrogens (tertiary/aromatic N) is 1. The average molecular weight is 320 g/mol. The Morgan fingerprint density at radius 3 is 2.73 bits per heavy atom. The largest absolute Gasteiger partial charge is 0.480 e. The minimum absolute atomic E-state index is 0.210. The summed E-state index contributed by atoms with van der Waals surface area (Å²) in [6, 6.07) is 8.51. The standard InChI is InChI=1S/C15H16N2O4S/c1-21-8-7-11(15(19)20)17-13(18)12-9-16-14(22-12)10-5-3-2-4-6-10/h2-6,9,11H,7-8H2,1H3,(H,17,18)(H,19,20). The van der Waals surface area contributed by atoms with Gasteiger partial charge in [-0.1, -0.05) is 30.3 Å². The van der Waals surface area contributed by atoms with Crippen LogP contribution in [0.2, 0.25) is 0 Å². The summed E-state index contributed by atoms with van der Waals surface area (Å²) in [5, 5.41) is 12.3. The van der Waals surface area contributed by atoms with Gasteiger partial charge in [-0.15, -0.1) is 11.3 Å². The van der Waals surface area contributed by atoms with Crippen molar-refractivity contribution in [2.24, 2.45) is 0 Å². The third-order valence-electron chi connectivity index (χ3n) is 2.96. The number of aromatic nitrogens is 1. The summed E-state index contributed by atoms with van der Waals surface area (Å²) in [5.74, 6) is -1.53. The maximum atomic E-state index is 12.1. The Morgan fingerprint density at radius 1 is 1.36 bits per heavy atom. The lowest BCUT2D eigenvalue weighted by Gasteiger charge is -2.12. The van der Waals surface area contributed by atoms with Gasteiger partial charge in [0.2, 0.25) is 0 Å². The van der Waals surface area contributed by atoms with Crippen molar-refractivity contribution < 1.29 is 19.4 Å². The summed E-state index contributed by atoms with van der Waals surface area (Å²) >= 11 is 1.22. The van der Waals surface area contributed by atoms with E-state index in [2.05, 4.69) is 10.3 Å². The molecule has 22 heavy (non-hydrogen) atoms. The highest BCUT2D eigenvalue weighted by molar-refractivity contribution is 7.16. The summed E-state index contributed by atoms with van der Waals surface area (Å²) in [7, 11) is 1.48. The molecule has 2 aromatic rings. The number of rotatable bonds is 7. The highest BCUT2D eigenvalue weighted by Crippen LogP contribution is 2.24. The second-order valence-electron chi connectivity index (χ2n) is 4.54. The Hall–Kier alpha value is -2.25. The van der Waals surface area contributed by atoms with Crippen LogP contribution in [0.25, 0.3) is 10.6 Å². The Bertz CT molecular complexity index is 642. The van der Waals surface area contributed by atoms with Crippen molar-refractivity contribution in [2.45, 2.75) is 12.5 Å². The fraction of sp³-hybridized carbons (Fsp3) is 0.267. The molecule has 0 aliphatic heterocycles. The van der Waals surface area contributed by atoms with Gasteiger partial charge in [0.15, 0.2) is 0 Å². The van der Waals surface area contributed by atoms with Gasteiger partial charge in [-0.2, -0.15) is 0 Å². The Labute approximate surface area is 131 Å². The van der Waals surface area contributed by atoms with Crippen LogP contribution in [0, 0.1) is 0 Å². The van der Waals surface area contributed by atoms with Gasteiger partial charge in [-0.3, -0.25) is 4.79 Å². The third kappa shape index (κ3) is 4.12. The zero-order chi connectivity index (χ0) is 15.9. The van der Waals surface area contributed by atoms with Crippen molar-refractivity contribution in [3.05, 3.63) is 41.4 Å². The first kappa shape index (κ1) is 16.1. The van der Waals surface area contributed by atoms with Crippen LogP contribution in [0.4, 0.5) is 0 Å². The SMILES string of the molecule is COCCC(NC(=O)c1cnc(-c2ccccc2)s1)C(=O)O. The number of carboxylic acid groups (broad SMARTS) is 1. The minimum Gasteiger partial charge on any atom is -0.480 e. The quantitative estimate of drug-likeness (QED) is 0.815. The highest BCUT2D eigenvalue weighted by atomic mass is 32.1. The highest BCUT2D eigenvalue weighted by Gasteiger charge is 2.21. The fourth-order valence-electron chi connectivity index (χ4n) is 1.82. The van der Waals surface area contributed by atoms with Crippen LogP contribution < -0.4 is 5.32 Å². The van der Waals surface area contributed by atoms with E-state index in [1.165, 1.54) is 24.6 Å². The number of amides is 1. The number of hydrogen-bond acceptors (Lipinski definition) is 5. The zero-order valence-electron chi connectivity index (χ0n) is 12.0. The van der Waals surface area contributed by atoms with Gasteiger partial charge >= 0.3 is 5.97 Å². The number of carbonyl (C=O) groups is 2. The van der Waals surface area contributed by atoms with Gasteiger partial charge in [0.05, 0.1) is 6.20 Å². The van der Waals surface area contributed by atoms with E-state index in [0.717, 1.165) is 10.6 Å². The van der Waals surface area contributed by atoms with E-state index in [9.17, 15) is 9.59 Å². The van der Waals surface area contributed by atoms with Crippen molar-refractivity contribution in [2.75, 3.05) is 13.7 Å². The number of hydrogen-bond donors (Lipinski definition) is 2. The Morgan fingerprint density at radius 2 is 2.09 bits per heavy atom. The molecule has 1 aromatic carbocycles. The summed E-state index contributed by atoms with van der Waals surface area (Å²) in [5.41, 5.74) is 0.917. The topological polar surface area (TPSA) is 88.5 Å². The minimum atomic E-state index is -1.09. The summed E-state index contributed by atoms with van der Waals surface area (Å²) < 4.78 is 4.85. The van der Waals surface area contributed by atoms with Crippen molar-refractivity contribution in [1.29, 1.82) is 0 Å². The number of nitrogens with one attached hydrogen (secondary N) is 1. The van der Waals surface area contributed by atoms with Crippen LogP contribution in [0.1, 0.15) is 16.1 Å². The molecule has 116 valence electrons. The van der Waals surface area contributed by atoms with Crippen LogP contribution >= 0.6 is 11.3 Å². The van der Waals surface area contributed by atoms with E-state index in [1.807, 2.05) is 30.3 Å². The maximum absolute atomic E-state index is 12.1. The molecule has 1 amide bonds. The smallest absolute Gasteiger partial charge is 0.326 e. The summed E-state index contributed by atoms with van der Waals surface area (Å²) in [4.78, 5) is 27.8. The number of thiazole rings is 1. The first-order valence-electron chi connectivity index (χ1n) is 6.65. The molecule has 1 atom stereocenters. The molecule has 0 saturated heterocycles.